The molecule has 0 saturated carbocycles. The van der Waals surface area contributed by atoms with Gasteiger partial charge in [-0.1, -0.05) is 27.5 Å². The van der Waals surface area contributed by atoms with Crippen molar-refractivity contribution in [2.75, 3.05) is 12.4 Å². The number of fused-ring (bicyclic) bond motifs is 1. The minimum atomic E-state index is -0.447. The number of thiocarbonyl (C=S) groups is 1. The predicted octanol–water partition coefficient (Wildman–Crippen LogP) is 6.49. The summed E-state index contributed by atoms with van der Waals surface area (Å²) in [7, 11) is 1.50. The molecule has 2 N–H and O–H groups in total. The van der Waals surface area contributed by atoms with Crippen LogP contribution in [-0.4, -0.2) is 23.1 Å². The number of oxazole rings is 1. The Balaban J connectivity index is 1.52. The van der Waals surface area contributed by atoms with Crippen LogP contribution in [0.2, 0.25) is 5.02 Å². The van der Waals surface area contributed by atoms with Gasteiger partial charge in [0, 0.05) is 10.2 Å². The summed E-state index contributed by atoms with van der Waals surface area (Å²) in [5, 5.41) is 5.91. The molecule has 0 aliphatic carbocycles. The number of aromatic nitrogens is 1. The first-order valence-electron chi connectivity index (χ1n) is 9.57. The topological polar surface area (TPSA) is 76.4 Å². The van der Waals surface area contributed by atoms with E-state index in [0.29, 0.717) is 33.7 Å². The van der Waals surface area contributed by atoms with E-state index in [-0.39, 0.29) is 16.0 Å². The zero-order valence-electron chi connectivity index (χ0n) is 17.3. The number of ether oxygens (including phenoxy) is 1. The van der Waals surface area contributed by atoms with Gasteiger partial charge < -0.3 is 14.5 Å². The summed E-state index contributed by atoms with van der Waals surface area (Å²) in [4.78, 5) is 17.2. The maximum atomic E-state index is 13.3. The fraction of sp³-hybridized carbons (Fsp3) is 0.0870. The van der Waals surface area contributed by atoms with E-state index >= 15 is 0 Å². The molecule has 0 aliphatic rings. The maximum Gasteiger partial charge on any atom is 0.261 e. The first kappa shape index (κ1) is 23.2. The predicted molar refractivity (Wildman–Crippen MR) is 134 cm³/mol. The highest BCUT2D eigenvalue weighted by Gasteiger charge is 2.17. The van der Waals surface area contributed by atoms with E-state index < -0.39 is 11.7 Å². The summed E-state index contributed by atoms with van der Waals surface area (Å²) in [5.41, 5.74) is 3.28. The smallest absolute Gasteiger partial charge is 0.261 e. The average Bonchev–Trinajstić information content (AvgIpc) is 3.16. The molecule has 0 atom stereocenters. The molecule has 1 amide bonds. The standard InChI is InChI=1S/C23H16BrClFN3O3S/c1-11-7-12(24)8-16(20(11)31-2)21(30)29-23(33)27-14-4-6-19-18(10-14)28-22(32-19)15-5-3-13(26)9-17(15)25/h3-10H,1-2H3,(H2,27,29,30,33). The van der Waals surface area contributed by atoms with Crippen molar-refractivity contribution in [3.8, 4) is 17.2 Å². The Labute approximate surface area is 207 Å². The van der Waals surface area contributed by atoms with Crippen LogP contribution >= 0.6 is 39.7 Å². The Bertz CT molecular complexity index is 1410. The number of hydrogen-bond acceptors (Lipinski definition) is 5. The Hall–Kier alpha value is -3.01. The molecule has 1 aromatic heterocycles. The first-order valence-corrected chi connectivity index (χ1v) is 11.2. The van der Waals surface area contributed by atoms with Crippen molar-refractivity contribution in [3.05, 3.63) is 75.0 Å². The van der Waals surface area contributed by atoms with Gasteiger partial charge in [-0.2, -0.15) is 0 Å². The molecule has 4 aromatic rings. The zero-order valence-corrected chi connectivity index (χ0v) is 20.5. The molecule has 3 aromatic carbocycles. The Kier molecular flexibility index (Phi) is 6.64. The van der Waals surface area contributed by atoms with Gasteiger partial charge in [0.15, 0.2) is 10.7 Å². The van der Waals surface area contributed by atoms with Gasteiger partial charge in [-0.15, -0.1) is 0 Å². The van der Waals surface area contributed by atoms with Crippen molar-refractivity contribution in [1.82, 2.24) is 10.3 Å². The molecule has 6 nitrogen and oxygen atoms in total. The van der Waals surface area contributed by atoms with E-state index in [1.807, 2.05) is 13.0 Å². The van der Waals surface area contributed by atoms with E-state index in [1.54, 1.807) is 24.3 Å². The van der Waals surface area contributed by atoms with Crippen molar-refractivity contribution in [3.63, 3.8) is 0 Å². The van der Waals surface area contributed by atoms with E-state index in [2.05, 4.69) is 31.5 Å². The molecule has 0 fully saturated rings. The van der Waals surface area contributed by atoms with Crippen LogP contribution in [-0.2, 0) is 0 Å². The summed E-state index contributed by atoms with van der Waals surface area (Å²) in [6.07, 6.45) is 0. The molecular formula is C23H16BrClFN3O3S. The summed E-state index contributed by atoms with van der Waals surface area (Å²) in [6, 6.07) is 12.6. The largest absolute Gasteiger partial charge is 0.496 e. The van der Waals surface area contributed by atoms with Gasteiger partial charge in [-0.05, 0) is 73.2 Å². The minimum Gasteiger partial charge on any atom is -0.496 e. The van der Waals surface area contributed by atoms with Crippen LogP contribution in [0.1, 0.15) is 15.9 Å². The molecule has 0 bridgehead atoms. The average molecular weight is 549 g/mol. The van der Waals surface area contributed by atoms with Crippen LogP contribution in [0.15, 0.2) is 57.4 Å². The monoisotopic (exact) mass is 547 g/mol. The molecule has 0 aliphatic heterocycles. The SMILES string of the molecule is COc1c(C)cc(Br)cc1C(=O)NC(=S)Nc1ccc2oc(-c3ccc(F)cc3Cl)nc2c1. The number of nitrogens with one attached hydrogen (secondary N) is 2. The molecule has 168 valence electrons. The summed E-state index contributed by atoms with van der Waals surface area (Å²) in [6.45, 7) is 1.84. The molecule has 1 heterocycles. The van der Waals surface area contributed by atoms with E-state index in [9.17, 15) is 9.18 Å². The highest BCUT2D eigenvalue weighted by molar-refractivity contribution is 9.10. The number of halogens is 3. The lowest BCUT2D eigenvalue weighted by atomic mass is 10.1. The van der Waals surface area contributed by atoms with Gasteiger partial charge in [-0.25, -0.2) is 9.37 Å². The first-order chi connectivity index (χ1) is 15.7. The van der Waals surface area contributed by atoms with Crippen LogP contribution in [0.25, 0.3) is 22.6 Å². The van der Waals surface area contributed by atoms with Crippen molar-refractivity contribution >= 4 is 67.6 Å². The van der Waals surface area contributed by atoms with Crippen LogP contribution < -0.4 is 15.4 Å². The number of rotatable bonds is 4. The van der Waals surface area contributed by atoms with Gasteiger partial charge in [0.2, 0.25) is 5.89 Å². The van der Waals surface area contributed by atoms with Crippen molar-refractivity contribution < 1.29 is 18.3 Å². The fourth-order valence-corrected chi connectivity index (χ4v) is 4.32. The van der Waals surface area contributed by atoms with Gasteiger partial charge in [0.1, 0.15) is 17.1 Å². The molecule has 33 heavy (non-hydrogen) atoms. The Morgan fingerprint density at radius 3 is 2.73 bits per heavy atom. The summed E-state index contributed by atoms with van der Waals surface area (Å²) >= 11 is 14.8. The van der Waals surface area contributed by atoms with Crippen LogP contribution in [0.3, 0.4) is 0 Å². The Morgan fingerprint density at radius 1 is 1.21 bits per heavy atom. The quantitative estimate of drug-likeness (QED) is 0.284. The Morgan fingerprint density at radius 2 is 2.00 bits per heavy atom. The second-order valence-corrected chi connectivity index (χ2v) is 8.77. The van der Waals surface area contributed by atoms with Crippen molar-refractivity contribution in [2.24, 2.45) is 0 Å². The van der Waals surface area contributed by atoms with E-state index in [1.165, 1.54) is 25.3 Å². The molecule has 0 unspecified atom stereocenters. The number of benzene rings is 3. The lowest BCUT2D eigenvalue weighted by Crippen LogP contribution is -2.34. The number of anilines is 1. The van der Waals surface area contributed by atoms with Crippen LogP contribution in [0.4, 0.5) is 10.1 Å². The highest BCUT2D eigenvalue weighted by atomic mass is 79.9. The summed E-state index contributed by atoms with van der Waals surface area (Å²) in [5.74, 6) is -0.128. The number of methoxy groups -OCH3 is 1. The second kappa shape index (κ2) is 9.46. The third kappa shape index (κ3) is 5.00. The van der Waals surface area contributed by atoms with Crippen LogP contribution in [0, 0.1) is 12.7 Å². The molecule has 4 rings (SSSR count). The minimum absolute atomic E-state index is 0.101. The molecule has 10 heteroatoms. The lowest BCUT2D eigenvalue weighted by Gasteiger charge is -2.13. The number of nitrogens with zero attached hydrogens (tertiary/aromatic N) is 1. The number of aryl methyl sites for hydroxylation is 1. The summed E-state index contributed by atoms with van der Waals surface area (Å²) < 4.78 is 25.2. The van der Waals surface area contributed by atoms with E-state index in [4.69, 9.17) is 33.0 Å². The molecular weight excluding hydrogens is 533 g/mol. The third-order valence-corrected chi connectivity index (χ3v) is 5.70. The van der Waals surface area contributed by atoms with Gasteiger partial charge >= 0.3 is 0 Å². The normalized spacial score (nSPS) is 10.8. The molecule has 0 saturated heterocycles. The number of carbonyl (C=O) groups excluding carboxylic acids is 1. The van der Waals surface area contributed by atoms with Gasteiger partial charge in [0.25, 0.3) is 5.91 Å². The zero-order chi connectivity index (χ0) is 23.7. The van der Waals surface area contributed by atoms with Crippen molar-refractivity contribution in [2.45, 2.75) is 6.92 Å². The molecule has 0 radical (unpaired) electrons. The lowest BCUT2D eigenvalue weighted by molar-refractivity contribution is 0.0974. The fourth-order valence-electron chi connectivity index (χ4n) is 3.29. The third-order valence-electron chi connectivity index (χ3n) is 4.72. The van der Waals surface area contributed by atoms with Crippen LogP contribution in [0.5, 0.6) is 5.75 Å². The van der Waals surface area contributed by atoms with Crippen molar-refractivity contribution in [1.29, 1.82) is 0 Å². The maximum absolute atomic E-state index is 13.3. The van der Waals surface area contributed by atoms with Gasteiger partial charge in [-0.3, -0.25) is 10.1 Å². The number of amides is 1. The number of hydrogen-bond donors (Lipinski definition) is 2. The van der Waals surface area contributed by atoms with E-state index in [0.717, 1.165) is 10.0 Å². The van der Waals surface area contributed by atoms with Gasteiger partial charge in [0.05, 0.1) is 23.3 Å². The second-order valence-electron chi connectivity index (χ2n) is 7.04. The molecule has 0 spiro atoms. The highest BCUT2D eigenvalue weighted by Crippen LogP contribution is 2.31. The number of carbonyl (C=O) groups is 1.